The average Bonchev–Trinajstić information content (AvgIpc) is 2.88. The summed E-state index contributed by atoms with van der Waals surface area (Å²) in [5.74, 6) is 0.600. The molecule has 1 unspecified atom stereocenters. The smallest absolute Gasteiger partial charge is 0.321 e. The predicted octanol–water partition coefficient (Wildman–Crippen LogP) is 2.97. The van der Waals surface area contributed by atoms with E-state index in [1.165, 1.54) is 11.3 Å². The molecular formula is C14H26N4O2S. The number of urea groups is 1. The molecule has 1 aromatic heterocycles. The van der Waals surface area contributed by atoms with Crippen LogP contribution in [0.4, 0.5) is 9.93 Å². The van der Waals surface area contributed by atoms with Crippen LogP contribution in [-0.4, -0.2) is 34.0 Å². The van der Waals surface area contributed by atoms with Gasteiger partial charge in [0.05, 0.1) is 6.10 Å². The van der Waals surface area contributed by atoms with E-state index in [4.69, 9.17) is 0 Å². The molecule has 0 saturated carbocycles. The van der Waals surface area contributed by atoms with Crippen molar-refractivity contribution in [3.63, 3.8) is 0 Å². The zero-order valence-electron chi connectivity index (χ0n) is 13.2. The highest BCUT2D eigenvalue weighted by Crippen LogP contribution is 2.27. The number of nitrogens with one attached hydrogen (secondary N) is 2. The van der Waals surface area contributed by atoms with Gasteiger partial charge in [-0.3, -0.25) is 5.32 Å². The van der Waals surface area contributed by atoms with Gasteiger partial charge in [0, 0.05) is 12.5 Å². The van der Waals surface area contributed by atoms with Gasteiger partial charge in [0.15, 0.2) is 0 Å². The first kappa shape index (κ1) is 17.8. The third kappa shape index (κ3) is 5.97. The number of hydrogen-bond donors (Lipinski definition) is 3. The maximum Gasteiger partial charge on any atom is 0.321 e. The second-order valence-corrected chi connectivity index (χ2v) is 6.45. The molecule has 0 aliphatic heterocycles. The van der Waals surface area contributed by atoms with E-state index >= 15 is 0 Å². The first-order chi connectivity index (χ1) is 9.97. The molecule has 0 radical (unpaired) electrons. The lowest BCUT2D eigenvalue weighted by Crippen LogP contribution is -2.32. The summed E-state index contributed by atoms with van der Waals surface area (Å²) in [5, 5.41) is 24.6. The summed E-state index contributed by atoms with van der Waals surface area (Å²) >= 11 is 1.42. The molecule has 0 aliphatic carbocycles. The summed E-state index contributed by atoms with van der Waals surface area (Å²) in [4.78, 5) is 11.7. The van der Waals surface area contributed by atoms with Crippen LogP contribution in [-0.2, 0) is 0 Å². The highest BCUT2D eigenvalue weighted by atomic mass is 32.1. The topological polar surface area (TPSA) is 87.1 Å². The molecule has 21 heavy (non-hydrogen) atoms. The number of rotatable bonds is 8. The number of nitrogens with zero attached hydrogens (tertiary/aromatic N) is 2. The van der Waals surface area contributed by atoms with Crippen LogP contribution in [0.1, 0.15) is 57.9 Å². The summed E-state index contributed by atoms with van der Waals surface area (Å²) in [5.41, 5.74) is 0. The Morgan fingerprint density at radius 2 is 1.95 bits per heavy atom. The van der Waals surface area contributed by atoms with Crippen LogP contribution in [0.2, 0.25) is 0 Å². The van der Waals surface area contributed by atoms with Gasteiger partial charge in [-0.05, 0) is 25.2 Å². The monoisotopic (exact) mass is 314 g/mol. The number of hydrogen-bond acceptors (Lipinski definition) is 5. The normalized spacial score (nSPS) is 12.7. The molecule has 0 aromatic carbocycles. The quantitative estimate of drug-likeness (QED) is 0.688. The molecule has 1 atom stereocenters. The lowest BCUT2D eigenvalue weighted by Gasteiger charge is -2.14. The van der Waals surface area contributed by atoms with Gasteiger partial charge in [0.2, 0.25) is 5.13 Å². The van der Waals surface area contributed by atoms with Crippen molar-refractivity contribution in [3.8, 4) is 0 Å². The van der Waals surface area contributed by atoms with Gasteiger partial charge in [-0.25, -0.2) is 4.79 Å². The number of anilines is 1. The van der Waals surface area contributed by atoms with E-state index in [1.54, 1.807) is 0 Å². The molecule has 0 aliphatic rings. The molecule has 1 aromatic rings. The summed E-state index contributed by atoms with van der Waals surface area (Å²) in [6.45, 7) is 8.57. The Morgan fingerprint density at radius 1 is 1.29 bits per heavy atom. The molecule has 3 N–H and O–H groups in total. The molecule has 120 valence electrons. The Morgan fingerprint density at radius 3 is 2.52 bits per heavy atom. The maximum atomic E-state index is 11.7. The van der Waals surface area contributed by atoms with E-state index in [-0.39, 0.29) is 11.9 Å². The van der Waals surface area contributed by atoms with Gasteiger partial charge >= 0.3 is 6.03 Å². The number of aliphatic hydroxyl groups is 1. The van der Waals surface area contributed by atoms with E-state index in [0.717, 1.165) is 17.8 Å². The van der Waals surface area contributed by atoms with Crippen LogP contribution in [0.15, 0.2) is 0 Å². The minimum Gasteiger partial charge on any atom is -0.393 e. The van der Waals surface area contributed by atoms with E-state index in [1.807, 2.05) is 13.8 Å². The minimum atomic E-state index is -0.395. The molecule has 0 bridgehead atoms. The highest BCUT2D eigenvalue weighted by Gasteiger charge is 2.15. The van der Waals surface area contributed by atoms with Crippen LogP contribution in [0, 0.1) is 5.92 Å². The molecule has 2 amide bonds. The van der Waals surface area contributed by atoms with Crippen LogP contribution in [0.3, 0.4) is 0 Å². The van der Waals surface area contributed by atoms with Gasteiger partial charge in [-0.2, -0.15) is 0 Å². The Hall–Kier alpha value is -1.21. The number of aliphatic hydroxyl groups excluding tert-OH is 1. The second kappa shape index (κ2) is 8.94. The zero-order chi connectivity index (χ0) is 15.8. The molecule has 6 nitrogen and oxygen atoms in total. The third-order valence-corrected chi connectivity index (χ3v) is 4.49. The second-order valence-electron chi connectivity index (χ2n) is 5.44. The van der Waals surface area contributed by atoms with Crippen LogP contribution in [0.25, 0.3) is 0 Å². The standard InChI is InChI=1S/C14H26N4O2S/c1-5-10(6-2)12-17-18-14(21-12)16-13(20)15-8-7-11(19)9(3)4/h9-11,19H,5-8H2,1-4H3,(H2,15,16,18,20). The molecule has 1 rings (SSSR count). The fourth-order valence-electron chi connectivity index (χ4n) is 1.90. The Labute approximate surface area is 130 Å². The Balaban J connectivity index is 2.38. The van der Waals surface area contributed by atoms with Crippen LogP contribution in [0.5, 0.6) is 0 Å². The molecule has 1 heterocycles. The number of aromatic nitrogens is 2. The first-order valence-corrected chi connectivity index (χ1v) is 8.35. The molecule has 0 spiro atoms. The minimum absolute atomic E-state index is 0.195. The fraction of sp³-hybridized carbons (Fsp3) is 0.786. The molecular weight excluding hydrogens is 288 g/mol. The van der Waals surface area contributed by atoms with Crippen molar-refractivity contribution in [2.75, 3.05) is 11.9 Å². The maximum absolute atomic E-state index is 11.7. The van der Waals surface area contributed by atoms with Crippen molar-refractivity contribution in [1.82, 2.24) is 15.5 Å². The van der Waals surface area contributed by atoms with E-state index in [2.05, 4.69) is 34.7 Å². The largest absolute Gasteiger partial charge is 0.393 e. The number of carbonyl (C=O) groups excluding carboxylic acids is 1. The van der Waals surface area contributed by atoms with Crippen molar-refractivity contribution >= 4 is 22.5 Å². The first-order valence-electron chi connectivity index (χ1n) is 7.54. The van der Waals surface area contributed by atoms with Gasteiger partial charge < -0.3 is 10.4 Å². The number of amides is 2. The van der Waals surface area contributed by atoms with Crippen molar-refractivity contribution in [2.24, 2.45) is 5.92 Å². The van der Waals surface area contributed by atoms with E-state index in [0.29, 0.717) is 24.0 Å². The predicted molar refractivity (Wildman–Crippen MR) is 85.7 cm³/mol. The average molecular weight is 314 g/mol. The molecule has 0 saturated heterocycles. The van der Waals surface area contributed by atoms with Crippen molar-refractivity contribution in [1.29, 1.82) is 0 Å². The Kier molecular flexibility index (Phi) is 7.60. The van der Waals surface area contributed by atoms with Crippen LogP contribution >= 0.6 is 11.3 Å². The summed E-state index contributed by atoms with van der Waals surface area (Å²) in [6.07, 6.45) is 2.18. The third-order valence-electron chi connectivity index (χ3n) is 3.49. The van der Waals surface area contributed by atoms with E-state index in [9.17, 15) is 9.90 Å². The van der Waals surface area contributed by atoms with Crippen molar-refractivity contribution < 1.29 is 9.90 Å². The Bertz CT molecular complexity index is 432. The van der Waals surface area contributed by atoms with Gasteiger partial charge in [-0.1, -0.05) is 39.0 Å². The summed E-state index contributed by atoms with van der Waals surface area (Å²) in [6, 6.07) is -0.307. The lowest BCUT2D eigenvalue weighted by molar-refractivity contribution is 0.117. The number of carbonyl (C=O) groups is 1. The zero-order valence-corrected chi connectivity index (χ0v) is 14.0. The molecule has 0 fully saturated rings. The molecule has 7 heteroatoms. The lowest BCUT2D eigenvalue weighted by atomic mass is 10.0. The van der Waals surface area contributed by atoms with Gasteiger partial charge in [-0.15, -0.1) is 10.2 Å². The van der Waals surface area contributed by atoms with E-state index < -0.39 is 6.10 Å². The highest BCUT2D eigenvalue weighted by molar-refractivity contribution is 7.15. The van der Waals surface area contributed by atoms with Gasteiger partial charge in [0.1, 0.15) is 5.01 Å². The summed E-state index contributed by atoms with van der Waals surface area (Å²) < 4.78 is 0. The van der Waals surface area contributed by atoms with Crippen molar-refractivity contribution in [2.45, 2.75) is 59.0 Å². The summed E-state index contributed by atoms with van der Waals surface area (Å²) in [7, 11) is 0. The van der Waals surface area contributed by atoms with Crippen molar-refractivity contribution in [3.05, 3.63) is 5.01 Å². The fourth-order valence-corrected chi connectivity index (χ4v) is 2.90. The SMILES string of the molecule is CCC(CC)c1nnc(NC(=O)NCCC(O)C(C)C)s1. The van der Waals surface area contributed by atoms with Gasteiger partial charge in [0.25, 0.3) is 0 Å². The van der Waals surface area contributed by atoms with Crippen LogP contribution < -0.4 is 10.6 Å².